The third kappa shape index (κ3) is 3.15. The Balaban J connectivity index is 1.39. The largest absolute Gasteiger partial charge is 0.326 e. The maximum absolute atomic E-state index is 13.6. The van der Waals surface area contributed by atoms with E-state index in [1.165, 1.54) is 18.5 Å². The van der Waals surface area contributed by atoms with Crippen molar-refractivity contribution in [2.75, 3.05) is 0 Å². The van der Waals surface area contributed by atoms with Crippen LogP contribution in [0.4, 0.5) is 4.39 Å². The van der Waals surface area contributed by atoms with Crippen LogP contribution >= 0.6 is 0 Å². The first kappa shape index (κ1) is 19.5. The number of fused-ring (bicyclic) bond motifs is 1. The highest BCUT2D eigenvalue weighted by atomic mass is 19.1. The van der Waals surface area contributed by atoms with Gasteiger partial charge in [0.1, 0.15) is 23.7 Å². The van der Waals surface area contributed by atoms with Gasteiger partial charge in [-0.2, -0.15) is 0 Å². The molecule has 9 heteroatoms. The van der Waals surface area contributed by atoms with Gasteiger partial charge in [0, 0.05) is 18.2 Å². The van der Waals surface area contributed by atoms with Gasteiger partial charge in [-0.15, -0.1) is 10.2 Å². The Morgan fingerprint density at radius 1 is 1.09 bits per heavy atom. The van der Waals surface area contributed by atoms with E-state index in [0.717, 1.165) is 29.9 Å². The number of nitrogens with one attached hydrogen (secondary N) is 1. The Morgan fingerprint density at radius 3 is 2.73 bits per heavy atom. The molecular weight excluding hydrogens is 421 g/mol. The molecule has 0 spiro atoms. The first-order chi connectivity index (χ1) is 16.1. The van der Waals surface area contributed by atoms with Crippen molar-refractivity contribution >= 4 is 11.0 Å². The molecule has 0 saturated heterocycles. The zero-order chi connectivity index (χ0) is 22.5. The van der Waals surface area contributed by atoms with E-state index < -0.39 is 0 Å². The quantitative estimate of drug-likeness (QED) is 0.456. The van der Waals surface area contributed by atoms with E-state index >= 15 is 0 Å². The second kappa shape index (κ2) is 7.47. The van der Waals surface area contributed by atoms with E-state index in [4.69, 9.17) is 0 Å². The summed E-state index contributed by atoms with van der Waals surface area (Å²) in [6.45, 7) is 2.05. The van der Waals surface area contributed by atoms with Gasteiger partial charge in [0.2, 0.25) is 0 Å². The number of hydrogen-bond donors (Lipinski definition) is 1. The molecule has 0 amide bonds. The summed E-state index contributed by atoms with van der Waals surface area (Å²) in [6.07, 6.45) is 4.65. The lowest BCUT2D eigenvalue weighted by Crippen LogP contribution is -2.32. The van der Waals surface area contributed by atoms with Crippen molar-refractivity contribution in [3.63, 3.8) is 0 Å². The minimum absolute atomic E-state index is 0.00577. The van der Waals surface area contributed by atoms with Crippen molar-refractivity contribution in [3.8, 4) is 17.2 Å². The zero-order valence-electron chi connectivity index (χ0n) is 17.8. The van der Waals surface area contributed by atoms with Crippen LogP contribution in [0.25, 0.3) is 28.2 Å². The molecule has 1 N–H and O–H groups in total. The van der Waals surface area contributed by atoms with Crippen molar-refractivity contribution in [2.24, 2.45) is 0 Å². The molecule has 0 aliphatic heterocycles. The minimum Gasteiger partial charge on any atom is -0.305 e. The third-order valence-electron chi connectivity index (χ3n) is 6.38. The van der Waals surface area contributed by atoms with E-state index in [-0.39, 0.29) is 23.5 Å². The van der Waals surface area contributed by atoms with Crippen molar-refractivity contribution in [1.82, 2.24) is 34.3 Å². The van der Waals surface area contributed by atoms with E-state index in [9.17, 15) is 9.18 Å². The van der Waals surface area contributed by atoms with E-state index in [0.29, 0.717) is 22.6 Å². The summed E-state index contributed by atoms with van der Waals surface area (Å²) in [5.41, 5.74) is 3.79. The van der Waals surface area contributed by atoms with Crippen LogP contribution in [0.2, 0.25) is 0 Å². The molecule has 0 radical (unpaired) electrons. The number of nitrogens with zero attached hydrogens (tertiary/aromatic N) is 6. The number of aromatic nitrogens is 7. The van der Waals surface area contributed by atoms with E-state index in [1.54, 1.807) is 16.8 Å². The predicted molar refractivity (Wildman–Crippen MR) is 121 cm³/mol. The monoisotopic (exact) mass is 441 g/mol. The SMILES string of the molecule is Cc1ccccc1-n1c(-c2ccncn2)nnc1[C@H]1C[C@H](n2c(=O)[nH]c3cc(F)ccc32)C1. The predicted octanol–water partition coefficient (Wildman–Crippen LogP) is 3.93. The van der Waals surface area contributed by atoms with Crippen LogP contribution in [0.15, 0.2) is 65.8 Å². The average molecular weight is 441 g/mol. The van der Waals surface area contributed by atoms with Crippen LogP contribution in [0.5, 0.6) is 0 Å². The van der Waals surface area contributed by atoms with Crippen molar-refractivity contribution in [3.05, 3.63) is 88.7 Å². The number of imidazole rings is 1. The van der Waals surface area contributed by atoms with Gasteiger partial charge < -0.3 is 4.98 Å². The van der Waals surface area contributed by atoms with Gasteiger partial charge in [0.15, 0.2) is 5.82 Å². The molecule has 8 nitrogen and oxygen atoms in total. The Bertz CT molecular complexity index is 1530. The highest BCUT2D eigenvalue weighted by Gasteiger charge is 2.37. The molecule has 3 aromatic heterocycles. The molecule has 2 aromatic carbocycles. The average Bonchev–Trinajstić information content (AvgIpc) is 3.35. The number of benzene rings is 2. The van der Waals surface area contributed by atoms with Gasteiger partial charge >= 0.3 is 5.69 Å². The van der Waals surface area contributed by atoms with Gasteiger partial charge in [0.25, 0.3) is 0 Å². The fraction of sp³-hybridized carbons (Fsp3) is 0.208. The summed E-state index contributed by atoms with van der Waals surface area (Å²) in [5.74, 6) is 1.25. The molecular formula is C24H20FN7O. The lowest BCUT2D eigenvalue weighted by atomic mass is 9.79. The maximum Gasteiger partial charge on any atom is 0.326 e. The Kier molecular flexibility index (Phi) is 4.42. The molecule has 164 valence electrons. The van der Waals surface area contributed by atoms with Gasteiger partial charge in [-0.1, -0.05) is 18.2 Å². The lowest BCUT2D eigenvalue weighted by molar-refractivity contribution is 0.254. The summed E-state index contributed by atoms with van der Waals surface area (Å²) < 4.78 is 17.4. The fourth-order valence-electron chi connectivity index (χ4n) is 4.68. The second-order valence-electron chi connectivity index (χ2n) is 8.38. The van der Waals surface area contributed by atoms with Crippen LogP contribution in [0, 0.1) is 12.7 Å². The number of halogens is 1. The topological polar surface area (TPSA) is 94.3 Å². The smallest absolute Gasteiger partial charge is 0.305 e. The number of aryl methyl sites for hydroxylation is 1. The molecule has 1 aliphatic carbocycles. The van der Waals surface area contributed by atoms with Crippen LogP contribution in [0.3, 0.4) is 0 Å². The van der Waals surface area contributed by atoms with Gasteiger partial charge in [-0.05, 0) is 55.7 Å². The number of H-pyrrole nitrogens is 1. The van der Waals surface area contributed by atoms with Crippen LogP contribution < -0.4 is 5.69 Å². The van der Waals surface area contributed by atoms with Gasteiger partial charge in [-0.25, -0.2) is 19.2 Å². The Morgan fingerprint density at radius 2 is 1.94 bits per heavy atom. The summed E-state index contributed by atoms with van der Waals surface area (Å²) in [7, 11) is 0. The van der Waals surface area contributed by atoms with Crippen LogP contribution in [-0.4, -0.2) is 34.3 Å². The molecule has 0 bridgehead atoms. The number of aromatic amines is 1. The highest BCUT2D eigenvalue weighted by Crippen LogP contribution is 2.45. The van der Waals surface area contributed by atoms with Gasteiger partial charge in [-0.3, -0.25) is 9.13 Å². The van der Waals surface area contributed by atoms with Crippen molar-refractivity contribution in [1.29, 1.82) is 0 Å². The fourth-order valence-corrected chi connectivity index (χ4v) is 4.68. The molecule has 0 unspecified atom stereocenters. The van der Waals surface area contributed by atoms with Gasteiger partial charge in [0.05, 0.1) is 16.7 Å². The molecule has 1 fully saturated rings. The first-order valence-electron chi connectivity index (χ1n) is 10.8. The molecule has 33 heavy (non-hydrogen) atoms. The van der Waals surface area contributed by atoms with Crippen LogP contribution in [0.1, 0.15) is 36.2 Å². The number of hydrogen-bond acceptors (Lipinski definition) is 5. The van der Waals surface area contributed by atoms with Crippen molar-refractivity contribution < 1.29 is 4.39 Å². The number of para-hydroxylation sites is 1. The summed E-state index contributed by atoms with van der Waals surface area (Å²) in [4.78, 5) is 23.7. The summed E-state index contributed by atoms with van der Waals surface area (Å²) in [5, 5.41) is 9.03. The number of rotatable bonds is 4. The first-order valence-corrected chi connectivity index (χ1v) is 10.8. The highest BCUT2D eigenvalue weighted by molar-refractivity contribution is 5.75. The standard InChI is InChI=1S/C24H20FN7O/c1-14-4-2-3-5-20(14)32-22(29-30-23(32)18-8-9-26-13-27-18)15-10-17(11-15)31-21-7-6-16(25)12-19(21)28-24(31)33/h2-9,12-13,15,17H,10-11H2,1H3,(H,28,33)/t15-,17-. The van der Waals surface area contributed by atoms with E-state index in [1.807, 2.05) is 24.3 Å². The molecule has 0 atom stereocenters. The summed E-state index contributed by atoms with van der Waals surface area (Å²) >= 11 is 0. The Hall–Kier alpha value is -4.14. The molecule has 6 rings (SSSR count). The molecule has 5 aromatic rings. The minimum atomic E-state index is -0.369. The lowest BCUT2D eigenvalue weighted by Gasteiger charge is -2.35. The van der Waals surface area contributed by atoms with E-state index in [2.05, 4.69) is 42.7 Å². The second-order valence-corrected chi connectivity index (χ2v) is 8.38. The maximum atomic E-state index is 13.6. The Labute approximate surface area is 187 Å². The summed E-state index contributed by atoms with van der Waals surface area (Å²) in [6, 6.07) is 14.3. The molecule has 3 heterocycles. The van der Waals surface area contributed by atoms with Crippen LogP contribution in [-0.2, 0) is 0 Å². The zero-order valence-corrected chi connectivity index (χ0v) is 17.8. The molecule has 1 saturated carbocycles. The van der Waals surface area contributed by atoms with Crippen molar-refractivity contribution in [2.45, 2.75) is 31.7 Å². The molecule has 1 aliphatic rings. The normalized spacial score (nSPS) is 17.9. The third-order valence-corrected chi connectivity index (χ3v) is 6.38.